The third-order valence-electron chi connectivity index (χ3n) is 4.09. The molecule has 0 bridgehead atoms. The van der Waals surface area contributed by atoms with E-state index >= 15 is 0 Å². The van der Waals surface area contributed by atoms with E-state index in [1.165, 1.54) is 0 Å². The van der Waals surface area contributed by atoms with Crippen LogP contribution in [-0.4, -0.2) is 28.1 Å². The van der Waals surface area contributed by atoms with Crippen LogP contribution in [0, 0.1) is 0 Å². The fraction of sp³-hybridized carbons (Fsp3) is 0.438. The van der Waals surface area contributed by atoms with Crippen molar-refractivity contribution in [1.29, 1.82) is 0 Å². The van der Waals surface area contributed by atoms with Crippen LogP contribution in [0.5, 0.6) is 0 Å². The van der Waals surface area contributed by atoms with Gasteiger partial charge in [-0.1, -0.05) is 32.0 Å². The molecule has 2 rings (SSSR count). The third-order valence-corrected chi connectivity index (χ3v) is 4.09. The number of H-pyrrole nitrogens is 1. The van der Waals surface area contributed by atoms with Gasteiger partial charge < -0.3 is 15.4 Å². The molecule has 0 unspecified atom stereocenters. The SMILES string of the molecule is CCC(CC)(CO)NC(=O)Cc1c[nH]c2ccccc12. The van der Waals surface area contributed by atoms with Crippen molar-refractivity contribution in [3.05, 3.63) is 36.0 Å². The first-order chi connectivity index (χ1) is 9.64. The number of fused-ring (bicyclic) bond motifs is 1. The summed E-state index contributed by atoms with van der Waals surface area (Å²) in [5, 5.41) is 13.6. The normalized spacial score (nSPS) is 11.8. The zero-order valence-corrected chi connectivity index (χ0v) is 12.1. The maximum Gasteiger partial charge on any atom is 0.225 e. The molecule has 0 aliphatic carbocycles. The number of para-hydroxylation sites is 1. The first-order valence-corrected chi connectivity index (χ1v) is 7.11. The van der Waals surface area contributed by atoms with E-state index in [1.54, 1.807) is 0 Å². The summed E-state index contributed by atoms with van der Waals surface area (Å²) in [6.07, 6.45) is 3.65. The molecule has 0 saturated heterocycles. The van der Waals surface area contributed by atoms with Crippen LogP contribution in [0.1, 0.15) is 32.3 Å². The molecule has 0 aliphatic heterocycles. The Morgan fingerprint density at radius 3 is 2.65 bits per heavy atom. The van der Waals surface area contributed by atoms with Gasteiger partial charge in [0.25, 0.3) is 0 Å². The highest BCUT2D eigenvalue weighted by Gasteiger charge is 2.27. The Morgan fingerprint density at radius 1 is 1.30 bits per heavy atom. The van der Waals surface area contributed by atoms with Gasteiger partial charge in [-0.25, -0.2) is 0 Å². The number of aromatic nitrogens is 1. The highest BCUT2D eigenvalue weighted by Crippen LogP contribution is 2.19. The van der Waals surface area contributed by atoms with Crippen molar-refractivity contribution >= 4 is 16.8 Å². The van der Waals surface area contributed by atoms with Gasteiger partial charge in [-0.15, -0.1) is 0 Å². The molecular formula is C16H22N2O2. The van der Waals surface area contributed by atoms with E-state index in [4.69, 9.17) is 0 Å². The zero-order chi connectivity index (χ0) is 14.6. The zero-order valence-electron chi connectivity index (χ0n) is 12.1. The Labute approximate surface area is 119 Å². The molecular weight excluding hydrogens is 252 g/mol. The number of benzene rings is 1. The first-order valence-electron chi connectivity index (χ1n) is 7.11. The van der Waals surface area contributed by atoms with E-state index in [-0.39, 0.29) is 12.5 Å². The second kappa shape index (κ2) is 6.09. The summed E-state index contributed by atoms with van der Waals surface area (Å²) in [5.74, 6) is -0.0486. The predicted molar refractivity (Wildman–Crippen MR) is 80.5 cm³/mol. The van der Waals surface area contributed by atoms with E-state index in [0.717, 1.165) is 29.3 Å². The lowest BCUT2D eigenvalue weighted by atomic mass is 9.93. The molecule has 4 nitrogen and oxygen atoms in total. The standard InChI is InChI=1S/C16H22N2O2/c1-3-16(4-2,11-19)18-15(20)9-12-10-17-14-8-6-5-7-13(12)14/h5-8,10,17,19H,3-4,9,11H2,1-2H3,(H,18,20). The van der Waals surface area contributed by atoms with E-state index < -0.39 is 5.54 Å². The summed E-state index contributed by atoms with van der Waals surface area (Å²) in [6.45, 7) is 3.93. The van der Waals surface area contributed by atoms with Crippen LogP contribution in [0.3, 0.4) is 0 Å². The number of aromatic amines is 1. The van der Waals surface area contributed by atoms with Gasteiger partial charge in [-0.3, -0.25) is 4.79 Å². The molecule has 3 N–H and O–H groups in total. The van der Waals surface area contributed by atoms with Gasteiger partial charge in [0.2, 0.25) is 5.91 Å². The van der Waals surface area contributed by atoms with Crippen molar-refractivity contribution in [3.8, 4) is 0 Å². The van der Waals surface area contributed by atoms with Crippen LogP contribution in [0.4, 0.5) is 0 Å². The van der Waals surface area contributed by atoms with Crippen molar-refractivity contribution in [2.24, 2.45) is 0 Å². The van der Waals surface area contributed by atoms with Crippen LogP contribution < -0.4 is 5.32 Å². The molecule has 20 heavy (non-hydrogen) atoms. The second-order valence-electron chi connectivity index (χ2n) is 5.23. The van der Waals surface area contributed by atoms with Crippen LogP contribution in [0.25, 0.3) is 10.9 Å². The Bertz CT molecular complexity index is 577. The summed E-state index contributed by atoms with van der Waals surface area (Å²) in [7, 11) is 0. The molecule has 1 amide bonds. The Morgan fingerprint density at radius 2 is 2.00 bits per heavy atom. The summed E-state index contributed by atoms with van der Waals surface area (Å²) in [5.41, 5.74) is 1.52. The number of aliphatic hydroxyl groups excluding tert-OH is 1. The molecule has 0 aliphatic rings. The number of carbonyl (C=O) groups is 1. The van der Waals surface area contributed by atoms with Crippen LogP contribution in [-0.2, 0) is 11.2 Å². The van der Waals surface area contributed by atoms with E-state index in [1.807, 2.05) is 44.3 Å². The largest absolute Gasteiger partial charge is 0.394 e. The van der Waals surface area contributed by atoms with E-state index in [9.17, 15) is 9.90 Å². The van der Waals surface area contributed by atoms with Gasteiger partial charge >= 0.3 is 0 Å². The van der Waals surface area contributed by atoms with E-state index in [0.29, 0.717) is 6.42 Å². The van der Waals surface area contributed by atoms with Crippen molar-refractivity contribution in [2.45, 2.75) is 38.6 Å². The fourth-order valence-corrected chi connectivity index (χ4v) is 2.48. The van der Waals surface area contributed by atoms with Crippen molar-refractivity contribution in [2.75, 3.05) is 6.61 Å². The number of carbonyl (C=O) groups excluding carboxylic acids is 1. The average Bonchev–Trinajstić information content (AvgIpc) is 2.88. The lowest BCUT2D eigenvalue weighted by Crippen LogP contribution is -2.51. The predicted octanol–water partition coefficient (Wildman–Crippen LogP) is 2.38. The number of hydrogen-bond acceptors (Lipinski definition) is 2. The number of hydrogen-bond donors (Lipinski definition) is 3. The minimum Gasteiger partial charge on any atom is -0.394 e. The topological polar surface area (TPSA) is 65.1 Å². The second-order valence-corrected chi connectivity index (χ2v) is 5.23. The lowest BCUT2D eigenvalue weighted by Gasteiger charge is -2.30. The fourth-order valence-electron chi connectivity index (χ4n) is 2.48. The van der Waals surface area contributed by atoms with Crippen molar-refractivity contribution in [1.82, 2.24) is 10.3 Å². The maximum absolute atomic E-state index is 12.2. The summed E-state index contributed by atoms with van der Waals surface area (Å²) in [4.78, 5) is 15.4. The molecule has 4 heteroatoms. The maximum atomic E-state index is 12.2. The molecule has 0 saturated carbocycles. The summed E-state index contributed by atoms with van der Waals surface area (Å²) < 4.78 is 0. The van der Waals surface area contributed by atoms with Crippen molar-refractivity contribution < 1.29 is 9.90 Å². The molecule has 2 aromatic rings. The van der Waals surface area contributed by atoms with Gasteiger partial charge in [0, 0.05) is 17.1 Å². The number of amides is 1. The quantitative estimate of drug-likeness (QED) is 0.757. The van der Waals surface area contributed by atoms with Gasteiger partial charge in [0.15, 0.2) is 0 Å². The van der Waals surface area contributed by atoms with Crippen LogP contribution in [0.2, 0.25) is 0 Å². The Hall–Kier alpha value is -1.81. The molecule has 108 valence electrons. The molecule has 0 spiro atoms. The highest BCUT2D eigenvalue weighted by atomic mass is 16.3. The Kier molecular flexibility index (Phi) is 4.45. The lowest BCUT2D eigenvalue weighted by molar-refractivity contribution is -0.123. The monoisotopic (exact) mass is 274 g/mol. The summed E-state index contributed by atoms with van der Waals surface area (Å²) >= 11 is 0. The van der Waals surface area contributed by atoms with Gasteiger partial charge in [0.05, 0.1) is 18.6 Å². The molecule has 0 atom stereocenters. The highest BCUT2D eigenvalue weighted by molar-refractivity contribution is 5.89. The smallest absolute Gasteiger partial charge is 0.225 e. The van der Waals surface area contributed by atoms with Gasteiger partial charge in [-0.2, -0.15) is 0 Å². The minimum atomic E-state index is -0.497. The molecule has 0 fully saturated rings. The van der Waals surface area contributed by atoms with Gasteiger partial charge in [-0.05, 0) is 24.5 Å². The van der Waals surface area contributed by atoms with Gasteiger partial charge in [0.1, 0.15) is 0 Å². The average molecular weight is 274 g/mol. The van der Waals surface area contributed by atoms with Crippen LogP contribution in [0.15, 0.2) is 30.5 Å². The van der Waals surface area contributed by atoms with E-state index in [2.05, 4.69) is 10.3 Å². The molecule has 0 radical (unpaired) electrons. The molecule has 1 heterocycles. The summed E-state index contributed by atoms with van der Waals surface area (Å²) in [6, 6.07) is 7.93. The number of rotatable bonds is 6. The molecule has 1 aromatic heterocycles. The third kappa shape index (κ3) is 2.85. The number of aliphatic hydroxyl groups is 1. The molecule has 1 aromatic carbocycles. The minimum absolute atomic E-state index is 0.0282. The van der Waals surface area contributed by atoms with Crippen LogP contribution >= 0.6 is 0 Å². The number of nitrogens with one attached hydrogen (secondary N) is 2. The first kappa shape index (κ1) is 14.6. The van der Waals surface area contributed by atoms with Crippen molar-refractivity contribution in [3.63, 3.8) is 0 Å². The Balaban J connectivity index is 2.12.